The molecule has 2 N–H and O–H groups in total. The molecule has 0 bridgehead atoms. The molecule has 2 atom stereocenters. The summed E-state index contributed by atoms with van der Waals surface area (Å²) in [7, 11) is 0. The number of rotatable bonds is 9. The Bertz CT molecular complexity index is 855. The Kier molecular flexibility index (Phi) is 7.62. The molecule has 3 aromatic rings. The Balaban J connectivity index is 1.88. The van der Waals surface area contributed by atoms with Crippen molar-refractivity contribution in [3.05, 3.63) is 78.9 Å². The summed E-state index contributed by atoms with van der Waals surface area (Å²) in [5.41, 5.74) is 5.74. The van der Waals surface area contributed by atoms with Crippen LogP contribution in [-0.4, -0.2) is 12.1 Å². The van der Waals surface area contributed by atoms with Crippen molar-refractivity contribution in [3.8, 4) is 0 Å². The largest absolute Gasteiger partial charge is 0.382 e. The van der Waals surface area contributed by atoms with Crippen LogP contribution in [0.4, 0.5) is 28.4 Å². The minimum Gasteiger partial charge on any atom is -0.382 e. The fourth-order valence-electron chi connectivity index (χ4n) is 3.30. The van der Waals surface area contributed by atoms with E-state index in [-0.39, 0.29) is 0 Å². The third-order valence-corrected chi connectivity index (χ3v) is 6.05. The second-order valence-corrected chi connectivity index (χ2v) is 9.12. The number of benzene rings is 3. The molecule has 0 saturated heterocycles. The Hall–Kier alpha value is -2.94. The fourth-order valence-corrected chi connectivity index (χ4v) is 3.30. The molecule has 3 rings (SSSR count). The predicted octanol–water partition coefficient (Wildman–Crippen LogP) is 8.07. The van der Waals surface area contributed by atoms with Gasteiger partial charge in [-0.05, 0) is 86.3 Å². The molecule has 0 aliphatic carbocycles. The van der Waals surface area contributed by atoms with E-state index in [1.54, 1.807) is 0 Å². The first-order valence-corrected chi connectivity index (χ1v) is 11.4. The summed E-state index contributed by atoms with van der Waals surface area (Å²) in [6, 6.07) is 28.8. The van der Waals surface area contributed by atoms with E-state index >= 15 is 0 Å². The van der Waals surface area contributed by atoms with Gasteiger partial charge in [-0.15, -0.1) is 0 Å². The summed E-state index contributed by atoms with van der Waals surface area (Å²) in [4.78, 5) is 2.30. The quantitative estimate of drug-likeness (QED) is 0.370. The number of nitrogens with one attached hydrogen (secondary N) is 2. The number of para-hydroxylation sites is 1. The van der Waals surface area contributed by atoms with Gasteiger partial charge in [0, 0.05) is 40.5 Å². The lowest BCUT2D eigenvalue weighted by Crippen LogP contribution is -2.21. The average molecular weight is 416 g/mol. The minimum absolute atomic E-state index is 0.435. The van der Waals surface area contributed by atoms with E-state index in [1.807, 2.05) is 0 Å². The van der Waals surface area contributed by atoms with Gasteiger partial charge in [0.25, 0.3) is 0 Å². The monoisotopic (exact) mass is 415 g/mol. The highest BCUT2D eigenvalue weighted by molar-refractivity contribution is 5.78. The van der Waals surface area contributed by atoms with E-state index in [0.717, 1.165) is 28.4 Å². The van der Waals surface area contributed by atoms with Gasteiger partial charge < -0.3 is 15.5 Å². The zero-order valence-electron chi connectivity index (χ0n) is 19.8. The molecule has 0 fully saturated rings. The lowest BCUT2D eigenvalue weighted by molar-refractivity contribution is 0.560. The maximum atomic E-state index is 3.59. The average Bonchev–Trinajstić information content (AvgIpc) is 2.77. The van der Waals surface area contributed by atoms with Crippen molar-refractivity contribution in [2.45, 2.75) is 53.6 Å². The Morgan fingerprint density at radius 3 is 1.19 bits per heavy atom. The predicted molar refractivity (Wildman–Crippen MR) is 137 cm³/mol. The fraction of sp³-hybridized carbons (Fsp3) is 0.357. The lowest BCUT2D eigenvalue weighted by atomic mass is 10.1. The zero-order chi connectivity index (χ0) is 22.4. The molecule has 31 heavy (non-hydrogen) atoms. The molecule has 3 heteroatoms. The van der Waals surface area contributed by atoms with Crippen LogP contribution in [-0.2, 0) is 0 Å². The molecule has 164 valence electrons. The van der Waals surface area contributed by atoms with Crippen molar-refractivity contribution < 1.29 is 0 Å². The second kappa shape index (κ2) is 10.4. The molecule has 0 saturated carbocycles. The van der Waals surface area contributed by atoms with E-state index in [0.29, 0.717) is 23.9 Å². The summed E-state index contributed by atoms with van der Waals surface area (Å²) >= 11 is 0. The molecular weight excluding hydrogens is 378 g/mol. The molecule has 0 aromatic heterocycles. The summed E-state index contributed by atoms with van der Waals surface area (Å²) in [5.74, 6) is 1.18. The van der Waals surface area contributed by atoms with Crippen molar-refractivity contribution in [2.75, 3.05) is 15.5 Å². The smallest absolute Gasteiger partial charge is 0.0463 e. The second-order valence-electron chi connectivity index (χ2n) is 9.12. The van der Waals surface area contributed by atoms with Crippen molar-refractivity contribution in [1.82, 2.24) is 0 Å². The molecule has 0 aliphatic heterocycles. The number of hydrogen-bond acceptors (Lipinski definition) is 3. The highest BCUT2D eigenvalue weighted by Gasteiger charge is 2.14. The maximum Gasteiger partial charge on any atom is 0.0463 e. The lowest BCUT2D eigenvalue weighted by Gasteiger charge is -2.27. The van der Waals surface area contributed by atoms with Gasteiger partial charge in [0.2, 0.25) is 0 Å². The highest BCUT2D eigenvalue weighted by atomic mass is 15.1. The molecule has 0 aliphatic rings. The van der Waals surface area contributed by atoms with E-state index in [1.165, 1.54) is 0 Å². The van der Waals surface area contributed by atoms with Crippen molar-refractivity contribution in [3.63, 3.8) is 0 Å². The normalized spacial score (nSPS) is 13.2. The molecule has 3 aromatic carbocycles. The van der Waals surface area contributed by atoms with Crippen LogP contribution >= 0.6 is 0 Å². The van der Waals surface area contributed by atoms with E-state index < -0.39 is 0 Å². The van der Waals surface area contributed by atoms with Gasteiger partial charge in [0.05, 0.1) is 0 Å². The van der Waals surface area contributed by atoms with Gasteiger partial charge in [0.15, 0.2) is 0 Å². The van der Waals surface area contributed by atoms with Crippen LogP contribution in [0.2, 0.25) is 0 Å². The molecule has 0 spiro atoms. The molecule has 0 radical (unpaired) electrons. The first-order valence-electron chi connectivity index (χ1n) is 11.4. The van der Waals surface area contributed by atoms with Crippen LogP contribution in [0.5, 0.6) is 0 Å². The van der Waals surface area contributed by atoms with E-state index in [2.05, 4.69) is 136 Å². The van der Waals surface area contributed by atoms with Gasteiger partial charge in [-0.25, -0.2) is 0 Å². The molecule has 0 heterocycles. The summed E-state index contributed by atoms with van der Waals surface area (Å²) < 4.78 is 0. The van der Waals surface area contributed by atoms with Crippen LogP contribution < -0.4 is 15.5 Å². The van der Waals surface area contributed by atoms with E-state index in [9.17, 15) is 0 Å². The van der Waals surface area contributed by atoms with Gasteiger partial charge in [-0.2, -0.15) is 0 Å². The van der Waals surface area contributed by atoms with E-state index in [4.69, 9.17) is 0 Å². The third kappa shape index (κ3) is 6.04. The maximum absolute atomic E-state index is 3.59. The Morgan fingerprint density at radius 2 is 0.839 bits per heavy atom. The molecule has 0 amide bonds. The molecular formula is C28H37N3. The van der Waals surface area contributed by atoms with Crippen LogP contribution in [0.25, 0.3) is 0 Å². The molecule has 2 unspecified atom stereocenters. The SMILES string of the molecule is CC(C)C(C)Nc1ccc(N(c2ccccc2)c2ccc(NC(C)C(C)C)cc2)cc1. The molecule has 3 nitrogen and oxygen atoms in total. The topological polar surface area (TPSA) is 27.3 Å². The van der Waals surface area contributed by atoms with Crippen molar-refractivity contribution >= 4 is 28.4 Å². The Morgan fingerprint density at radius 1 is 0.484 bits per heavy atom. The summed E-state index contributed by atoms with van der Waals surface area (Å²) in [5, 5.41) is 7.19. The first kappa shape index (κ1) is 22.7. The van der Waals surface area contributed by atoms with Crippen molar-refractivity contribution in [2.24, 2.45) is 11.8 Å². The standard InChI is InChI=1S/C28H37N3/c1-20(2)22(5)29-24-12-16-27(17-13-24)31(26-10-8-7-9-11-26)28-18-14-25(15-19-28)30-23(6)21(3)4/h7-23,29-30H,1-6H3. The van der Waals surface area contributed by atoms with Crippen LogP contribution in [0.15, 0.2) is 78.9 Å². The Labute approximate surface area is 188 Å². The van der Waals surface area contributed by atoms with Crippen LogP contribution in [0, 0.1) is 11.8 Å². The number of hydrogen-bond donors (Lipinski definition) is 2. The minimum atomic E-state index is 0.435. The van der Waals surface area contributed by atoms with Gasteiger partial charge in [-0.1, -0.05) is 45.9 Å². The van der Waals surface area contributed by atoms with Gasteiger partial charge in [-0.3, -0.25) is 0 Å². The summed E-state index contributed by atoms with van der Waals surface area (Å²) in [6.45, 7) is 13.4. The number of nitrogens with zero attached hydrogens (tertiary/aromatic N) is 1. The zero-order valence-corrected chi connectivity index (χ0v) is 19.8. The third-order valence-electron chi connectivity index (χ3n) is 6.05. The highest BCUT2D eigenvalue weighted by Crippen LogP contribution is 2.35. The number of anilines is 5. The van der Waals surface area contributed by atoms with Gasteiger partial charge in [0.1, 0.15) is 0 Å². The van der Waals surface area contributed by atoms with Gasteiger partial charge >= 0.3 is 0 Å². The first-order chi connectivity index (χ1) is 14.8. The van der Waals surface area contributed by atoms with Crippen molar-refractivity contribution in [1.29, 1.82) is 0 Å². The van der Waals surface area contributed by atoms with Crippen LogP contribution in [0.1, 0.15) is 41.5 Å². The summed E-state index contributed by atoms with van der Waals surface area (Å²) in [6.07, 6.45) is 0. The van der Waals surface area contributed by atoms with Crippen LogP contribution in [0.3, 0.4) is 0 Å².